The van der Waals surface area contributed by atoms with Crippen LogP contribution in [0.1, 0.15) is 24.8 Å². The van der Waals surface area contributed by atoms with Crippen LogP contribution in [-0.2, 0) is 16.1 Å². The molecule has 5 heteroatoms. The van der Waals surface area contributed by atoms with Gasteiger partial charge in [-0.1, -0.05) is 30.3 Å². The Bertz CT molecular complexity index is 488. The van der Waals surface area contributed by atoms with E-state index in [0.717, 1.165) is 45.6 Å². The Balaban J connectivity index is 1.43. The van der Waals surface area contributed by atoms with Gasteiger partial charge in [-0.25, -0.2) is 0 Å². The fraction of sp³-hybridized carbons (Fsp3) is 0.611. The van der Waals surface area contributed by atoms with Crippen molar-refractivity contribution in [3.63, 3.8) is 0 Å². The van der Waals surface area contributed by atoms with E-state index in [1.165, 1.54) is 5.56 Å². The molecule has 2 fully saturated rings. The largest absolute Gasteiger partial charge is 0.375 e. The summed E-state index contributed by atoms with van der Waals surface area (Å²) >= 11 is 0. The molecule has 1 aromatic carbocycles. The molecule has 2 aliphatic heterocycles. The highest BCUT2D eigenvalue weighted by Gasteiger charge is 2.24. The summed E-state index contributed by atoms with van der Waals surface area (Å²) in [5.74, 6) is 0.116. The summed E-state index contributed by atoms with van der Waals surface area (Å²) in [6.45, 7) is 5.33. The number of piperidine rings is 1. The molecule has 3 rings (SSSR count). The Morgan fingerprint density at radius 1 is 1.35 bits per heavy atom. The van der Waals surface area contributed by atoms with Crippen LogP contribution in [0.25, 0.3) is 0 Å². The summed E-state index contributed by atoms with van der Waals surface area (Å²) in [5, 5.41) is 6.45. The summed E-state index contributed by atoms with van der Waals surface area (Å²) in [5.41, 5.74) is 1.31. The van der Waals surface area contributed by atoms with Crippen LogP contribution in [0, 0.1) is 0 Å². The fourth-order valence-electron chi connectivity index (χ4n) is 3.36. The molecule has 2 atom stereocenters. The Labute approximate surface area is 138 Å². The van der Waals surface area contributed by atoms with Gasteiger partial charge in [-0.05, 0) is 24.9 Å². The van der Waals surface area contributed by atoms with Crippen molar-refractivity contribution < 1.29 is 9.53 Å². The van der Waals surface area contributed by atoms with E-state index in [2.05, 4.69) is 39.8 Å². The molecule has 0 aromatic heterocycles. The van der Waals surface area contributed by atoms with Crippen LogP contribution in [0.4, 0.5) is 0 Å². The topological polar surface area (TPSA) is 53.6 Å². The van der Waals surface area contributed by atoms with E-state index in [-0.39, 0.29) is 18.1 Å². The molecule has 2 saturated heterocycles. The van der Waals surface area contributed by atoms with E-state index in [1.54, 1.807) is 0 Å². The normalized spacial score (nSPS) is 25.9. The van der Waals surface area contributed by atoms with Crippen molar-refractivity contribution in [3.05, 3.63) is 35.9 Å². The van der Waals surface area contributed by atoms with Gasteiger partial charge in [-0.15, -0.1) is 0 Å². The van der Waals surface area contributed by atoms with Crippen LogP contribution >= 0.6 is 0 Å². The van der Waals surface area contributed by atoms with E-state index in [4.69, 9.17) is 4.74 Å². The summed E-state index contributed by atoms with van der Waals surface area (Å²) in [6, 6.07) is 10.7. The molecule has 2 aliphatic rings. The molecule has 0 radical (unpaired) electrons. The number of ether oxygens (including phenoxy) is 1. The van der Waals surface area contributed by atoms with Gasteiger partial charge in [0.05, 0.1) is 19.1 Å². The van der Waals surface area contributed by atoms with Crippen molar-refractivity contribution in [2.75, 3.05) is 32.8 Å². The number of morpholine rings is 1. The highest BCUT2D eigenvalue weighted by Crippen LogP contribution is 2.13. The second kappa shape index (κ2) is 8.43. The van der Waals surface area contributed by atoms with Crippen LogP contribution in [-0.4, -0.2) is 55.7 Å². The van der Waals surface area contributed by atoms with Gasteiger partial charge < -0.3 is 15.4 Å². The number of benzene rings is 1. The first-order valence-electron chi connectivity index (χ1n) is 8.67. The van der Waals surface area contributed by atoms with Gasteiger partial charge in [0, 0.05) is 32.2 Å². The van der Waals surface area contributed by atoms with Crippen LogP contribution in [0.5, 0.6) is 0 Å². The first-order valence-corrected chi connectivity index (χ1v) is 8.67. The van der Waals surface area contributed by atoms with Crippen LogP contribution in [0.2, 0.25) is 0 Å². The van der Waals surface area contributed by atoms with Crippen molar-refractivity contribution in [3.8, 4) is 0 Å². The van der Waals surface area contributed by atoms with Crippen molar-refractivity contribution in [1.82, 2.24) is 15.5 Å². The number of amides is 1. The molecular weight excluding hydrogens is 290 g/mol. The third-order valence-corrected chi connectivity index (χ3v) is 4.55. The van der Waals surface area contributed by atoms with Gasteiger partial charge in [-0.3, -0.25) is 9.69 Å². The molecule has 0 saturated carbocycles. The number of nitrogens with zero attached hydrogens (tertiary/aromatic N) is 1. The lowest BCUT2D eigenvalue weighted by molar-refractivity contribution is -0.127. The Hall–Kier alpha value is -1.43. The lowest BCUT2D eigenvalue weighted by Crippen LogP contribution is -2.48. The Morgan fingerprint density at radius 2 is 2.22 bits per heavy atom. The van der Waals surface area contributed by atoms with E-state index in [9.17, 15) is 4.79 Å². The lowest BCUT2D eigenvalue weighted by atomic mass is 10.1. The first-order chi connectivity index (χ1) is 11.3. The summed E-state index contributed by atoms with van der Waals surface area (Å²) in [7, 11) is 0. The maximum absolute atomic E-state index is 12.2. The minimum atomic E-state index is 0.00371. The molecule has 23 heavy (non-hydrogen) atoms. The smallest absolute Gasteiger partial charge is 0.222 e. The predicted molar refractivity (Wildman–Crippen MR) is 90.1 cm³/mol. The first kappa shape index (κ1) is 16.4. The van der Waals surface area contributed by atoms with Crippen LogP contribution in [0.15, 0.2) is 30.3 Å². The standard InChI is InChI=1S/C18H27N3O2/c22-18(20-16-7-4-8-19-12-16)11-17-14-21(9-10-23-17)13-15-5-2-1-3-6-15/h1-3,5-6,16-17,19H,4,7-14H2,(H,20,22). The van der Waals surface area contributed by atoms with Crippen molar-refractivity contribution in [2.24, 2.45) is 0 Å². The zero-order valence-electron chi connectivity index (χ0n) is 13.7. The van der Waals surface area contributed by atoms with E-state index < -0.39 is 0 Å². The number of rotatable bonds is 5. The molecule has 0 aliphatic carbocycles. The quantitative estimate of drug-likeness (QED) is 0.855. The molecule has 126 valence electrons. The Kier molecular flexibility index (Phi) is 6.02. The maximum Gasteiger partial charge on any atom is 0.222 e. The highest BCUT2D eigenvalue weighted by molar-refractivity contribution is 5.76. The number of carbonyl (C=O) groups is 1. The number of hydrogen-bond donors (Lipinski definition) is 2. The van der Waals surface area contributed by atoms with Crippen molar-refractivity contribution in [2.45, 2.75) is 38.0 Å². The third-order valence-electron chi connectivity index (χ3n) is 4.55. The van der Waals surface area contributed by atoms with Crippen LogP contribution in [0.3, 0.4) is 0 Å². The minimum absolute atomic E-state index is 0.00371. The molecule has 0 spiro atoms. The summed E-state index contributed by atoms with van der Waals surface area (Å²) in [6.07, 6.45) is 2.67. The van der Waals surface area contributed by atoms with Gasteiger partial charge in [0.15, 0.2) is 0 Å². The number of carbonyl (C=O) groups excluding carboxylic acids is 1. The van der Waals surface area contributed by atoms with Crippen molar-refractivity contribution in [1.29, 1.82) is 0 Å². The molecule has 2 unspecified atom stereocenters. The molecule has 1 amide bonds. The Morgan fingerprint density at radius 3 is 3.00 bits per heavy atom. The molecule has 0 bridgehead atoms. The SMILES string of the molecule is O=C(CC1CN(Cc2ccccc2)CCO1)NC1CCCNC1. The van der Waals surface area contributed by atoms with Crippen LogP contribution < -0.4 is 10.6 Å². The van der Waals surface area contributed by atoms with Gasteiger partial charge in [0.25, 0.3) is 0 Å². The fourth-order valence-corrected chi connectivity index (χ4v) is 3.36. The van der Waals surface area contributed by atoms with Gasteiger partial charge >= 0.3 is 0 Å². The van der Waals surface area contributed by atoms with E-state index in [1.807, 2.05) is 6.07 Å². The predicted octanol–water partition coefficient (Wildman–Crippen LogP) is 1.15. The second-order valence-electron chi connectivity index (χ2n) is 6.53. The van der Waals surface area contributed by atoms with Crippen molar-refractivity contribution >= 4 is 5.91 Å². The van der Waals surface area contributed by atoms with Gasteiger partial charge in [0.2, 0.25) is 5.91 Å². The number of hydrogen-bond acceptors (Lipinski definition) is 4. The third kappa shape index (κ3) is 5.30. The highest BCUT2D eigenvalue weighted by atomic mass is 16.5. The average Bonchev–Trinajstić information content (AvgIpc) is 2.57. The zero-order chi connectivity index (χ0) is 15.9. The zero-order valence-corrected chi connectivity index (χ0v) is 13.7. The maximum atomic E-state index is 12.2. The lowest BCUT2D eigenvalue weighted by Gasteiger charge is -2.33. The van der Waals surface area contributed by atoms with Gasteiger partial charge in [-0.2, -0.15) is 0 Å². The molecule has 2 heterocycles. The average molecular weight is 317 g/mol. The monoisotopic (exact) mass is 317 g/mol. The molecular formula is C18H27N3O2. The molecule has 1 aromatic rings. The summed E-state index contributed by atoms with van der Waals surface area (Å²) < 4.78 is 5.79. The number of nitrogens with one attached hydrogen (secondary N) is 2. The van der Waals surface area contributed by atoms with Gasteiger partial charge in [0.1, 0.15) is 0 Å². The summed E-state index contributed by atoms with van der Waals surface area (Å²) in [4.78, 5) is 14.6. The van der Waals surface area contributed by atoms with E-state index >= 15 is 0 Å². The second-order valence-corrected chi connectivity index (χ2v) is 6.53. The minimum Gasteiger partial charge on any atom is -0.375 e. The molecule has 5 nitrogen and oxygen atoms in total. The molecule has 2 N–H and O–H groups in total. The van der Waals surface area contributed by atoms with E-state index in [0.29, 0.717) is 13.0 Å².